The van der Waals surface area contributed by atoms with Crippen LogP contribution in [0.3, 0.4) is 0 Å². The lowest BCUT2D eigenvalue weighted by Crippen LogP contribution is -2.52. The smallest absolute Gasteiger partial charge is 0.261 e. The lowest BCUT2D eigenvalue weighted by Gasteiger charge is -2.34. The van der Waals surface area contributed by atoms with E-state index in [0.717, 1.165) is 13.1 Å². The topological polar surface area (TPSA) is 87.7 Å². The number of hydrogen-bond donors (Lipinski definition) is 2. The number of nitrogens with zero attached hydrogens (tertiary/aromatic N) is 1. The van der Waals surface area contributed by atoms with Crippen molar-refractivity contribution in [2.45, 2.75) is 17.9 Å². The Hall–Kier alpha value is -2.58. The highest BCUT2D eigenvalue weighted by Crippen LogP contribution is 2.20. The van der Waals surface area contributed by atoms with Crippen LogP contribution in [0.1, 0.15) is 17.3 Å². The first kappa shape index (κ1) is 19.2. The number of carbonyl (C=O) groups is 1. The highest BCUT2D eigenvalue weighted by molar-refractivity contribution is 7.92. The number of anilines is 1. The Morgan fingerprint density at radius 1 is 1.15 bits per heavy atom. The first-order valence-electron chi connectivity index (χ1n) is 8.69. The van der Waals surface area contributed by atoms with Crippen molar-refractivity contribution < 1.29 is 17.9 Å². The summed E-state index contributed by atoms with van der Waals surface area (Å²) in [6.45, 7) is 4.14. The summed E-state index contributed by atoms with van der Waals surface area (Å²) in [5, 5.41) is 3.24. The molecule has 3 rings (SSSR count). The fourth-order valence-corrected chi connectivity index (χ4v) is 4.02. The molecule has 1 aliphatic heterocycles. The van der Waals surface area contributed by atoms with Crippen LogP contribution in [0.15, 0.2) is 53.4 Å². The molecule has 1 atom stereocenters. The van der Waals surface area contributed by atoms with Crippen LogP contribution in [0.25, 0.3) is 0 Å². The van der Waals surface area contributed by atoms with Gasteiger partial charge in [0.05, 0.1) is 12.0 Å². The van der Waals surface area contributed by atoms with Crippen molar-refractivity contribution in [2.24, 2.45) is 0 Å². The molecule has 0 saturated carbocycles. The van der Waals surface area contributed by atoms with E-state index in [1.165, 1.54) is 12.1 Å². The molecule has 1 heterocycles. The van der Waals surface area contributed by atoms with Crippen LogP contribution in [0.4, 0.5) is 5.69 Å². The number of ether oxygens (including phenoxy) is 1. The second-order valence-corrected chi connectivity index (χ2v) is 8.09. The molecule has 0 aromatic heterocycles. The monoisotopic (exact) mass is 389 g/mol. The first-order valence-corrected chi connectivity index (χ1v) is 10.2. The summed E-state index contributed by atoms with van der Waals surface area (Å²) in [6.07, 6.45) is 0. The van der Waals surface area contributed by atoms with Gasteiger partial charge in [-0.3, -0.25) is 9.52 Å². The minimum absolute atomic E-state index is 0.0870. The molecule has 0 spiro atoms. The van der Waals surface area contributed by atoms with Gasteiger partial charge >= 0.3 is 0 Å². The summed E-state index contributed by atoms with van der Waals surface area (Å²) < 4.78 is 32.7. The van der Waals surface area contributed by atoms with Gasteiger partial charge in [-0.05, 0) is 55.5 Å². The fourth-order valence-electron chi connectivity index (χ4n) is 2.96. The molecule has 2 aromatic carbocycles. The van der Waals surface area contributed by atoms with Crippen molar-refractivity contribution in [1.82, 2.24) is 10.2 Å². The van der Waals surface area contributed by atoms with Crippen molar-refractivity contribution >= 4 is 21.6 Å². The molecule has 144 valence electrons. The van der Waals surface area contributed by atoms with Crippen LogP contribution in [0, 0.1) is 0 Å². The highest BCUT2D eigenvalue weighted by Gasteiger charge is 2.24. The van der Waals surface area contributed by atoms with Gasteiger partial charge in [-0.25, -0.2) is 8.42 Å². The van der Waals surface area contributed by atoms with Crippen LogP contribution in [0.5, 0.6) is 5.75 Å². The van der Waals surface area contributed by atoms with Crippen LogP contribution in [-0.4, -0.2) is 52.0 Å². The summed E-state index contributed by atoms with van der Waals surface area (Å²) in [5.41, 5.74) is 0.915. The first-order chi connectivity index (χ1) is 12.9. The standard InChI is InChI=1S/C19H23N3O4S/c1-14-13-20-11-12-22(14)19(23)15-3-9-18(10-4-15)27(24,25)21-16-5-7-17(26-2)8-6-16/h3-10,14,20-21H,11-13H2,1-2H3/t14-/m0/s1. The summed E-state index contributed by atoms with van der Waals surface area (Å²) >= 11 is 0. The maximum Gasteiger partial charge on any atom is 0.261 e. The minimum atomic E-state index is -3.74. The molecular weight excluding hydrogens is 366 g/mol. The molecule has 7 nitrogen and oxygen atoms in total. The van der Waals surface area contributed by atoms with Crippen LogP contribution >= 0.6 is 0 Å². The van der Waals surface area contributed by atoms with E-state index in [1.54, 1.807) is 48.4 Å². The van der Waals surface area contributed by atoms with Gasteiger partial charge in [0.1, 0.15) is 5.75 Å². The molecule has 1 fully saturated rings. The Balaban J connectivity index is 1.74. The van der Waals surface area contributed by atoms with E-state index in [9.17, 15) is 13.2 Å². The Kier molecular flexibility index (Phi) is 5.67. The second kappa shape index (κ2) is 7.98. The molecule has 27 heavy (non-hydrogen) atoms. The van der Waals surface area contributed by atoms with Crippen LogP contribution in [0.2, 0.25) is 0 Å². The van der Waals surface area contributed by atoms with Crippen molar-refractivity contribution in [3.8, 4) is 5.75 Å². The predicted octanol–water partition coefficient (Wildman–Crippen LogP) is 1.93. The minimum Gasteiger partial charge on any atom is -0.497 e. The summed E-state index contributed by atoms with van der Waals surface area (Å²) in [7, 11) is -2.19. The Bertz CT molecular complexity index is 896. The third-order valence-electron chi connectivity index (χ3n) is 4.52. The largest absolute Gasteiger partial charge is 0.497 e. The van der Waals surface area contributed by atoms with Crippen molar-refractivity contribution in [2.75, 3.05) is 31.5 Å². The normalized spacial score (nSPS) is 17.4. The van der Waals surface area contributed by atoms with Gasteiger partial charge in [-0.15, -0.1) is 0 Å². The molecule has 1 aliphatic rings. The van der Waals surface area contributed by atoms with E-state index in [0.29, 0.717) is 23.5 Å². The quantitative estimate of drug-likeness (QED) is 0.816. The van der Waals surface area contributed by atoms with Crippen LogP contribution < -0.4 is 14.8 Å². The van der Waals surface area contributed by atoms with E-state index in [-0.39, 0.29) is 16.8 Å². The van der Waals surface area contributed by atoms with Gasteiger partial charge in [0.2, 0.25) is 0 Å². The molecule has 2 N–H and O–H groups in total. The van der Waals surface area contributed by atoms with Crippen LogP contribution in [-0.2, 0) is 10.0 Å². The number of rotatable bonds is 5. The molecule has 8 heteroatoms. The van der Waals surface area contributed by atoms with Gasteiger partial charge in [0.25, 0.3) is 15.9 Å². The summed E-state index contributed by atoms with van der Waals surface area (Å²) in [5.74, 6) is 0.555. The molecule has 2 aromatic rings. The fraction of sp³-hybridized carbons (Fsp3) is 0.316. The zero-order valence-electron chi connectivity index (χ0n) is 15.3. The van der Waals surface area contributed by atoms with Crippen molar-refractivity contribution in [1.29, 1.82) is 0 Å². The Morgan fingerprint density at radius 3 is 2.41 bits per heavy atom. The van der Waals surface area contributed by atoms with Gasteiger partial charge < -0.3 is 15.0 Å². The molecule has 0 aliphatic carbocycles. The number of hydrogen-bond acceptors (Lipinski definition) is 5. The second-order valence-electron chi connectivity index (χ2n) is 6.41. The average molecular weight is 389 g/mol. The zero-order chi connectivity index (χ0) is 19.4. The maximum absolute atomic E-state index is 12.6. The maximum atomic E-state index is 12.6. The van der Waals surface area contributed by atoms with E-state index >= 15 is 0 Å². The van der Waals surface area contributed by atoms with Gasteiger partial charge in [-0.2, -0.15) is 0 Å². The third kappa shape index (κ3) is 4.40. The zero-order valence-corrected chi connectivity index (χ0v) is 16.1. The molecular formula is C19H23N3O4S. The summed E-state index contributed by atoms with van der Waals surface area (Å²) in [4.78, 5) is 14.5. The number of benzene rings is 2. The predicted molar refractivity (Wildman–Crippen MR) is 104 cm³/mol. The van der Waals surface area contributed by atoms with Gasteiger partial charge in [0, 0.05) is 36.9 Å². The lowest BCUT2D eigenvalue weighted by atomic mass is 10.1. The number of nitrogens with one attached hydrogen (secondary N) is 2. The highest BCUT2D eigenvalue weighted by atomic mass is 32.2. The Morgan fingerprint density at radius 2 is 1.81 bits per heavy atom. The number of methoxy groups -OCH3 is 1. The average Bonchev–Trinajstić information content (AvgIpc) is 2.68. The van der Waals surface area contributed by atoms with Crippen molar-refractivity contribution in [3.63, 3.8) is 0 Å². The van der Waals surface area contributed by atoms with Gasteiger partial charge in [0.15, 0.2) is 0 Å². The molecule has 0 unspecified atom stereocenters. The lowest BCUT2D eigenvalue weighted by molar-refractivity contribution is 0.0655. The van der Waals surface area contributed by atoms with Crippen molar-refractivity contribution in [3.05, 3.63) is 54.1 Å². The third-order valence-corrected chi connectivity index (χ3v) is 5.91. The SMILES string of the molecule is COc1ccc(NS(=O)(=O)c2ccc(C(=O)N3CCNC[C@@H]3C)cc2)cc1. The van der Waals surface area contributed by atoms with E-state index in [2.05, 4.69) is 10.0 Å². The summed E-state index contributed by atoms with van der Waals surface area (Å²) in [6, 6.07) is 12.7. The van der Waals surface area contributed by atoms with E-state index in [1.807, 2.05) is 6.92 Å². The molecule has 1 amide bonds. The molecule has 1 saturated heterocycles. The van der Waals surface area contributed by atoms with Gasteiger partial charge in [-0.1, -0.05) is 0 Å². The van der Waals surface area contributed by atoms with E-state index in [4.69, 9.17) is 4.74 Å². The number of piperazine rings is 1. The molecule has 0 bridgehead atoms. The number of amides is 1. The Labute approximate surface area is 159 Å². The number of sulfonamides is 1. The van der Waals surface area contributed by atoms with E-state index < -0.39 is 10.0 Å². The molecule has 0 radical (unpaired) electrons. The number of carbonyl (C=O) groups excluding carboxylic acids is 1.